The van der Waals surface area contributed by atoms with Crippen molar-refractivity contribution in [3.05, 3.63) is 53.6 Å². The van der Waals surface area contributed by atoms with E-state index in [2.05, 4.69) is 17.1 Å². The van der Waals surface area contributed by atoms with E-state index in [4.69, 9.17) is 14.2 Å². The first-order chi connectivity index (χ1) is 13.2. The number of rotatable bonds is 6. The van der Waals surface area contributed by atoms with Crippen molar-refractivity contribution < 1.29 is 19.0 Å². The topological polar surface area (TPSA) is 60.0 Å². The van der Waals surface area contributed by atoms with Crippen molar-refractivity contribution in [1.29, 1.82) is 0 Å². The Kier molecular flexibility index (Phi) is 5.16. The van der Waals surface area contributed by atoms with E-state index in [-0.39, 0.29) is 18.7 Å². The zero-order valence-electron chi connectivity index (χ0n) is 15.4. The van der Waals surface area contributed by atoms with E-state index in [1.165, 1.54) is 0 Å². The van der Waals surface area contributed by atoms with Crippen molar-refractivity contribution in [2.75, 3.05) is 26.5 Å². The molecule has 1 atom stereocenters. The SMILES string of the molecule is CCN(CC(=O)NC1CCOc2ccccc21)Cc1ccc2c(c1)OCO2. The van der Waals surface area contributed by atoms with Crippen LogP contribution in [0.2, 0.25) is 0 Å². The Morgan fingerprint density at radius 2 is 1.96 bits per heavy atom. The molecule has 0 aliphatic carbocycles. The molecule has 6 heteroatoms. The Bertz CT molecular complexity index is 824. The van der Waals surface area contributed by atoms with Crippen molar-refractivity contribution in [1.82, 2.24) is 10.2 Å². The molecule has 0 fully saturated rings. The van der Waals surface area contributed by atoms with Crippen LogP contribution >= 0.6 is 0 Å². The Morgan fingerprint density at radius 3 is 2.85 bits per heavy atom. The second-order valence-corrected chi connectivity index (χ2v) is 6.79. The molecule has 6 nitrogen and oxygen atoms in total. The van der Waals surface area contributed by atoms with Crippen LogP contribution in [0.3, 0.4) is 0 Å². The molecule has 2 aromatic rings. The zero-order chi connectivity index (χ0) is 18.6. The van der Waals surface area contributed by atoms with Crippen molar-refractivity contribution in [2.24, 2.45) is 0 Å². The molecule has 0 saturated carbocycles. The first-order valence-corrected chi connectivity index (χ1v) is 9.35. The maximum atomic E-state index is 12.6. The van der Waals surface area contributed by atoms with Gasteiger partial charge in [0.2, 0.25) is 12.7 Å². The van der Waals surface area contributed by atoms with E-state index >= 15 is 0 Å². The minimum Gasteiger partial charge on any atom is -0.493 e. The van der Waals surface area contributed by atoms with Gasteiger partial charge in [-0.05, 0) is 30.3 Å². The van der Waals surface area contributed by atoms with Crippen LogP contribution in [-0.2, 0) is 11.3 Å². The first kappa shape index (κ1) is 17.7. The van der Waals surface area contributed by atoms with Crippen LogP contribution in [-0.4, -0.2) is 37.3 Å². The summed E-state index contributed by atoms with van der Waals surface area (Å²) in [5.41, 5.74) is 2.15. The largest absolute Gasteiger partial charge is 0.493 e. The average molecular weight is 368 g/mol. The zero-order valence-corrected chi connectivity index (χ0v) is 15.4. The van der Waals surface area contributed by atoms with E-state index in [0.29, 0.717) is 19.7 Å². The minimum absolute atomic E-state index is 0.00620. The first-order valence-electron chi connectivity index (χ1n) is 9.35. The molecule has 1 amide bonds. The van der Waals surface area contributed by atoms with E-state index in [0.717, 1.165) is 41.3 Å². The standard InChI is InChI=1S/C21H24N2O4/c1-2-23(12-15-7-8-19-20(11-15)27-14-26-19)13-21(24)22-17-9-10-25-18-6-4-3-5-16(17)18/h3-8,11,17H,2,9-10,12-14H2,1H3,(H,22,24). The molecule has 2 aliphatic heterocycles. The lowest BCUT2D eigenvalue weighted by molar-refractivity contribution is -0.123. The fraction of sp³-hybridized carbons (Fsp3) is 0.381. The summed E-state index contributed by atoms with van der Waals surface area (Å²) >= 11 is 0. The normalized spacial score (nSPS) is 17.3. The number of benzene rings is 2. The quantitative estimate of drug-likeness (QED) is 0.850. The lowest BCUT2D eigenvalue weighted by Crippen LogP contribution is -2.39. The Morgan fingerprint density at radius 1 is 1.11 bits per heavy atom. The molecular formula is C21H24N2O4. The van der Waals surface area contributed by atoms with Gasteiger partial charge in [0, 0.05) is 18.5 Å². The lowest BCUT2D eigenvalue weighted by atomic mass is 10.0. The Balaban J connectivity index is 1.37. The van der Waals surface area contributed by atoms with Crippen LogP contribution in [0.15, 0.2) is 42.5 Å². The second-order valence-electron chi connectivity index (χ2n) is 6.79. The number of carbonyl (C=O) groups is 1. The number of fused-ring (bicyclic) bond motifs is 2. The third kappa shape index (κ3) is 4.01. The van der Waals surface area contributed by atoms with Gasteiger partial charge in [-0.1, -0.05) is 31.2 Å². The predicted molar refractivity (Wildman–Crippen MR) is 101 cm³/mol. The van der Waals surface area contributed by atoms with Gasteiger partial charge in [-0.25, -0.2) is 0 Å². The van der Waals surface area contributed by atoms with Crippen molar-refractivity contribution >= 4 is 5.91 Å². The monoisotopic (exact) mass is 368 g/mol. The lowest BCUT2D eigenvalue weighted by Gasteiger charge is -2.28. The molecule has 2 aromatic carbocycles. The van der Waals surface area contributed by atoms with Gasteiger partial charge in [-0.15, -0.1) is 0 Å². The number of hydrogen-bond acceptors (Lipinski definition) is 5. The number of hydrogen-bond donors (Lipinski definition) is 1. The molecule has 27 heavy (non-hydrogen) atoms. The van der Waals surface area contributed by atoms with Gasteiger partial charge in [-0.2, -0.15) is 0 Å². The molecule has 1 unspecified atom stereocenters. The number of para-hydroxylation sites is 1. The molecular weight excluding hydrogens is 344 g/mol. The fourth-order valence-electron chi connectivity index (χ4n) is 3.51. The summed E-state index contributed by atoms with van der Waals surface area (Å²) in [6.07, 6.45) is 0.789. The van der Waals surface area contributed by atoms with Gasteiger partial charge in [-0.3, -0.25) is 9.69 Å². The predicted octanol–water partition coefficient (Wildman–Crippen LogP) is 2.88. The van der Waals surface area contributed by atoms with Crippen molar-refractivity contribution in [3.8, 4) is 17.2 Å². The van der Waals surface area contributed by atoms with Crippen LogP contribution in [0.1, 0.15) is 30.5 Å². The van der Waals surface area contributed by atoms with Crippen molar-refractivity contribution in [2.45, 2.75) is 25.9 Å². The van der Waals surface area contributed by atoms with Crippen molar-refractivity contribution in [3.63, 3.8) is 0 Å². The van der Waals surface area contributed by atoms with Gasteiger partial charge < -0.3 is 19.5 Å². The van der Waals surface area contributed by atoms with E-state index in [1.54, 1.807) is 0 Å². The Labute approximate surface area is 159 Å². The molecule has 0 spiro atoms. The van der Waals surface area contributed by atoms with Gasteiger partial charge in [0.05, 0.1) is 19.2 Å². The summed E-state index contributed by atoms with van der Waals surface area (Å²) in [6, 6.07) is 13.8. The Hall–Kier alpha value is -2.73. The summed E-state index contributed by atoms with van der Waals surface area (Å²) < 4.78 is 16.5. The van der Waals surface area contributed by atoms with Gasteiger partial charge in [0.25, 0.3) is 0 Å². The number of nitrogens with zero attached hydrogens (tertiary/aromatic N) is 1. The molecule has 2 heterocycles. The number of ether oxygens (including phenoxy) is 3. The van der Waals surface area contributed by atoms with Gasteiger partial charge >= 0.3 is 0 Å². The van der Waals surface area contributed by atoms with Crippen LogP contribution in [0.25, 0.3) is 0 Å². The van der Waals surface area contributed by atoms with Crippen LogP contribution < -0.4 is 19.5 Å². The minimum atomic E-state index is 0.00620. The third-order valence-electron chi connectivity index (χ3n) is 4.95. The highest BCUT2D eigenvalue weighted by molar-refractivity contribution is 5.78. The maximum Gasteiger partial charge on any atom is 0.234 e. The van der Waals surface area contributed by atoms with E-state index in [9.17, 15) is 4.79 Å². The van der Waals surface area contributed by atoms with Crippen LogP contribution in [0.4, 0.5) is 0 Å². The van der Waals surface area contributed by atoms with Crippen LogP contribution in [0.5, 0.6) is 17.2 Å². The highest BCUT2D eigenvalue weighted by atomic mass is 16.7. The molecule has 0 aromatic heterocycles. The number of carbonyl (C=O) groups excluding carboxylic acids is 1. The maximum absolute atomic E-state index is 12.6. The highest BCUT2D eigenvalue weighted by Crippen LogP contribution is 2.33. The third-order valence-corrected chi connectivity index (χ3v) is 4.95. The summed E-state index contributed by atoms with van der Waals surface area (Å²) in [7, 11) is 0. The number of nitrogens with one attached hydrogen (secondary N) is 1. The van der Waals surface area contributed by atoms with E-state index < -0.39 is 0 Å². The summed E-state index contributed by atoms with van der Waals surface area (Å²) in [6.45, 7) is 4.77. The van der Waals surface area contributed by atoms with Gasteiger partial charge in [0.1, 0.15) is 5.75 Å². The molecule has 4 rings (SSSR count). The molecule has 0 radical (unpaired) electrons. The van der Waals surface area contributed by atoms with E-state index in [1.807, 2.05) is 42.5 Å². The van der Waals surface area contributed by atoms with Crippen LogP contribution in [0, 0.1) is 0 Å². The molecule has 2 aliphatic rings. The molecule has 0 saturated heterocycles. The fourth-order valence-corrected chi connectivity index (χ4v) is 3.51. The summed E-state index contributed by atoms with van der Waals surface area (Å²) in [4.78, 5) is 14.7. The number of amides is 1. The summed E-state index contributed by atoms with van der Waals surface area (Å²) in [5.74, 6) is 2.44. The number of likely N-dealkylation sites (N-methyl/N-ethyl adjacent to an activating group) is 1. The highest BCUT2D eigenvalue weighted by Gasteiger charge is 2.23. The summed E-state index contributed by atoms with van der Waals surface area (Å²) in [5, 5.41) is 3.16. The smallest absolute Gasteiger partial charge is 0.234 e. The average Bonchev–Trinajstić information content (AvgIpc) is 3.15. The second kappa shape index (κ2) is 7.88. The molecule has 1 N–H and O–H groups in total. The van der Waals surface area contributed by atoms with Gasteiger partial charge in [0.15, 0.2) is 11.5 Å². The molecule has 142 valence electrons. The molecule has 0 bridgehead atoms.